The summed E-state index contributed by atoms with van der Waals surface area (Å²) in [6, 6.07) is 6.05. The third kappa shape index (κ3) is 2.83. The number of aromatic amines is 1. The molecule has 0 radical (unpaired) electrons. The Bertz CT molecular complexity index is 583. The van der Waals surface area contributed by atoms with Gasteiger partial charge in [0.25, 0.3) is 0 Å². The third-order valence-electron chi connectivity index (χ3n) is 3.87. The van der Waals surface area contributed by atoms with Gasteiger partial charge in [-0.2, -0.15) is 0 Å². The Morgan fingerprint density at radius 2 is 2.37 bits per heavy atom. The average molecular weight is 324 g/mol. The summed E-state index contributed by atoms with van der Waals surface area (Å²) in [6.07, 6.45) is 0.833. The molecule has 2 atom stereocenters. The summed E-state index contributed by atoms with van der Waals surface area (Å²) in [7, 11) is 0. The molecule has 0 aliphatic carbocycles. The number of aromatic nitrogens is 2. The lowest BCUT2D eigenvalue weighted by atomic mass is 9.96. The summed E-state index contributed by atoms with van der Waals surface area (Å²) in [5, 5.41) is 9.92. The normalized spacial score (nSPS) is 25.0. The zero-order valence-electron chi connectivity index (χ0n) is 10.9. The van der Waals surface area contributed by atoms with Gasteiger partial charge in [0.2, 0.25) is 0 Å². The number of H-pyrrole nitrogens is 1. The van der Waals surface area contributed by atoms with Gasteiger partial charge in [0, 0.05) is 11.0 Å². The first-order chi connectivity index (χ1) is 9.11. The largest absolute Gasteiger partial charge is 0.392 e. The van der Waals surface area contributed by atoms with Crippen molar-refractivity contribution in [1.29, 1.82) is 0 Å². The van der Waals surface area contributed by atoms with E-state index in [2.05, 4.69) is 37.7 Å². The smallest absolute Gasteiger partial charge is 0.121 e. The lowest BCUT2D eigenvalue weighted by Crippen LogP contribution is -2.42. The molecule has 1 aliphatic heterocycles. The zero-order chi connectivity index (χ0) is 13.4. The van der Waals surface area contributed by atoms with Crippen molar-refractivity contribution < 1.29 is 5.11 Å². The van der Waals surface area contributed by atoms with Crippen LogP contribution in [0.1, 0.15) is 19.2 Å². The van der Waals surface area contributed by atoms with Gasteiger partial charge >= 0.3 is 0 Å². The van der Waals surface area contributed by atoms with Crippen LogP contribution in [-0.4, -0.2) is 39.2 Å². The molecule has 5 heteroatoms. The van der Waals surface area contributed by atoms with E-state index in [9.17, 15) is 5.11 Å². The highest BCUT2D eigenvalue weighted by Gasteiger charge is 2.24. The molecule has 4 nitrogen and oxygen atoms in total. The van der Waals surface area contributed by atoms with E-state index in [1.165, 1.54) is 0 Å². The minimum Gasteiger partial charge on any atom is -0.392 e. The van der Waals surface area contributed by atoms with E-state index in [1.54, 1.807) is 0 Å². The molecule has 0 saturated carbocycles. The van der Waals surface area contributed by atoms with Crippen LogP contribution in [0.15, 0.2) is 22.7 Å². The molecule has 1 aliphatic rings. The fraction of sp³-hybridized carbons (Fsp3) is 0.500. The molecule has 102 valence electrons. The number of halogens is 1. The van der Waals surface area contributed by atoms with Crippen LogP contribution in [-0.2, 0) is 6.54 Å². The summed E-state index contributed by atoms with van der Waals surface area (Å²) >= 11 is 3.46. The number of rotatable bonds is 2. The number of nitrogens with one attached hydrogen (secondary N) is 1. The van der Waals surface area contributed by atoms with Crippen LogP contribution in [0.4, 0.5) is 0 Å². The quantitative estimate of drug-likeness (QED) is 0.893. The second-order valence-electron chi connectivity index (χ2n) is 5.41. The number of likely N-dealkylation sites (tertiary alicyclic amines) is 1. The van der Waals surface area contributed by atoms with E-state index in [-0.39, 0.29) is 6.10 Å². The summed E-state index contributed by atoms with van der Waals surface area (Å²) in [5.74, 6) is 1.37. The van der Waals surface area contributed by atoms with Crippen LogP contribution in [0, 0.1) is 5.92 Å². The van der Waals surface area contributed by atoms with Gasteiger partial charge in [0.05, 0.1) is 23.7 Å². The molecule has 0 amide bonds. The van der Waals surface area contributed by atoms with Crippen molar-refractivity contribution in [2.75, 3.05) is 13.1 Å². The second kappa shape index (κ2) is 5.23. The predicted octanol–water partition coefficient (Wildman–Crippen LogP) is 2.53. The molecule has 0 spiro atoms. The molecule has 1 aromatic carbocycles. The Balaban J connectivity index is 1.74. The second-order valence-corrected chi connectivity index (χ2v) is 6.33. The van der Waals surface area contributed by atoms with Crippen LogP contribution in [0.3, 0.4) is 0 Å². The Hall–Kier alpha value is -0.910. The van der Waals surface area contributed by atoms with Crippen molar-refractivity contribution in [3.8, 4) is 0 Å². The maximum Gasteiger partial charge on any atom is 0.121 e. The first-order valence-electron chi connectivity index (χ1n) is 6.66. The molecular weight excluding hydrogens is 306 g/mol. The lowest BCUT2D eigenvalue weighted by molar-refractivity contribution is 0.0250. The third-order valence-corrected chi connectivity index (χ3v) is 4.36. The predicted molar refractivity (Wildman–Crippen MR) is 78.9 cm³/mol. The SMILES string of the molecule is C[C@H]1CCN(Cc2nc3ccc(Br)cc3[nH]2)C[C@H]1O. The number of β-amino-alcohol motifs (C(OH)–C–C–N with tert-alkyl or cyclic N) is 1. The van der Waals surface area contributed by atoms with Crippen LogP contribution < -0.4 is 0 Å². The number of nitrogens with zero attached hydrogens (tertiary/aromatic N) is 2. The molecule has 1 fully saturated rings. The Morgan fingerprint density at radius 1 is 1.53 bits per heavy atom. The van der Waals surface area contributed by atoms with E-state index in [1.807, 2.05) is 18.2 Å². The molecule has 2 heterocycles. The van der Waals surface area contributed by atoms with E-state index >= 15 is 0 Å². The van der Waals surface area contributed by atoms with Crippen LogP contribution in [0.5, 0.6) is 0 Å². The Kier molecular flexibility index (Phi) is 3.60. The van der Waals surface area contributed by atoms with Gasteiger partial charge in [-0.1, -0.05) is 22.9 Å². The lowest BCUT2D eigenvalue weighted by Gasteiger charge is -2.33. The zero-order valence-corrected chi connectivity index (χ0v) is 12.5. The molecule has 1 aromatic heterocycles. The average Bonchev–Trinajstić information content (AvgIpc) is 2.75. The van der Waals surface area contributed by atoms with E-state index in [4.69, 9.17) is 0 Å². The van der Waals surface area contributed by atoms with Gasteiger partial charge in [-0.25, -0.2) is 4.98 Å². The number of aliphatic hydroxyl groups is 1. The molecule has 1 saturated heterocycles. The highest BCUT2D eigenvalue weighted by Crippen LogP contribution is 2.21. The highest BCUT2D eigenvalue weighted by molar-refractivity contribution is 9.10. The van der Waals surface area contributed by atoms with Gasteiger partial charge in [-0.3, -0.25) is 4.90 Å². The fourth-order valence-electron chi connectivity index (χ4n) is 2.58. The van der Waals surface area contributed by atoms with Gasteiger partial charge in [-0.05, 0) is 37.1 Å². The number of hydrogen-bond donors (Lipinski definition) is 2. The van der Waals surface area contributed by atoms with Crippen molar-refractivity contribution in [2.24, 2.45) is 5.92 Å². The number of imidazole rings is 1. The van der Waals surface area contributed by atoms with Gasteiger partial charge in [0.15, 0.2) is 0 Å². The monoisotopic (exact) mass is 323 g/mol. The summed E-state index contributed by atoms with van der Waals surface area (Å²) in [5.41, 5.74) is 2.04. The standard InChI is InChI=1S/C14H18BrN3O/c1-9-4-5-18(7-13(9)19)8-14-16-11-3-2-10(15)6-12(11)17-14/h2-3,6,9,13,19H,4-5,7-8H2,1H3,(H,16,17)/t9-,13+/m0/s1. The first-order valence-corrected chi connectivity index (χ1v) is 7.45. The topological polar surface area (TPSA) is 52.2 Å². The first kappa shape index (κ1) is 13.1. The number of hydrogen-bond acceptors (Lipinski definition) is 3. The number of piperidine rings is 1. The number of aliphatic hydroxyl groups excluding tert-OH is 1. The van der Waals surface area contributed by atoms with E-state index < -0.39 is 0 Å². The molecule has 0 unspecified atom stereocenters. The van der Waals surface area contributed by atoms with E-state index in [0.717, 1.165) is 47.4 Å². The highest BCUT2D eigenvalue weighted by atomic mass is 79.9. The molecule has 19 heavy (non-hydrogen) atoms. The molecule has 3 rings (SSSR count). The van der Waals surface area contributed by atoms with Crippen molar-refractivity contribution in [2.45, 2.75) is 26.0 Å². The summed E-state index contributed by atoms with van der Waals surface area (Å²) in [6.45, 7) is 4.65. The summed E-state index contributed by atoms with van der Waals surface area (Å²) in [4.78, 5) is 10.2. The van der Waals surface area contributed by atoms with Gasteiger partial charge in [-0.15, -0.1) is 0 Å². The van der Waals surface area contributed by atoms with Crippen LogP contribution in [0.25, 0.3) is 11.0 Å². The van der Waals surface area contributed by atoms with Crippen molar-refractivity contribution in [3.05, 3.63) is 28.5 Å². The van der Waals surface area contributed by atoms with Crippen molar-refractivity contribution >= 4 is 27.0 Å². The van der Waals surface area contributed by atoms with Crippen LogP contribution in [0.2, 0.25) is 0 Å². The molecule has 2 N–H and O–H groups in total. The van der Waals surface area contributed by atoms with Crippen molar-refractivity contribution in [1.82, 2.24) is 14.9 Å². The Labute approximate surface area is 121 Å². The maximum absolute atomic E-state index is 9.92. The fourth-order valence-corrected chi connectivity index (χ4v) is 2.94. The van der Waals surface area contributed by atoms with E-state index in [0.29, 0.717) is 5.92 Å². The van der Waals surface area contributed by atoms with Gasteiger partial charge < -0.3 is 10.1 Å². The minimum absolute atomic E-state index is 0.215. The number of benzene rings is 1. The summed E-state index contributed by atoms with van der Waals surface area (Å²) < 4.78 is 1.05. The van der Waals surface area contributed by atoms with Crippen LogP contribution >= 0.6 is 15.9 Å². The molecule has 2 aromatic rings. The van der Waals surface area contributed by atoms with Gasteiger partial charge in [0.1, 0.15) is 5.82 Å². The van der Waals surface area contributed by atoms with Crippen molar-refractivity contribution in [3.63, 3.8) is 0 Å². The maximum atomic E-state index is 9.92. The minimum atomic E-state index is -0.215. The molecule has 0 bridgehead atoms. The number of fused-ring (bicyclic) bond motifs is 1. The molecular formula is C14H18BrN3O. The Morgan fingerprint density at radius 3 is 3.16 bits per heavy atom.